The highest BCUT2D eigenvalue weighted by Gasteiger charge is 2.17. The van der Waals surface area contributed by atoms with Crippen LogP contribution in [0.3, 0.4) is 0 Å². The minimum atomic E-state index is -2.78. The van der Waals surface area contributed by atoms with E-state index in [-0.39, 0.29) is 0 Å². The van der Waals surface area contributed by atoms with Crippen LogP contribution in [-0.2, 0) is 4.57 Å². The van der Waals surface area contributed by atoms with E-state index < -0.39 is 7.37 Å². The largest absolute Gasteiger partial charge is 0.344 e. The third-order valence-electron chi connectivity index (χ3n) is 2.17. The standard InChI is InChI=1S/C10H23O2P/c1-4-5-6-8-13(11,12)9-7-10(2)3/h10H,4-9H2,1-3H3,(H,11,12). The van der Waals surface area contributed by atoms with Crippen molar-refractivity contribution < 1.29 is 9.46 Å². The van der Waals surface area contributed by atoms with Crippen LogP contribution in [0.1, 0.15) is 46.5 Å². The molecule has 0 rings (SSSR count). The summed E-state index contributed by atoms with van der Waals surface area (Å²) in [5.74, 6) is 0.534. The van der Waals surface area contributed by atoms with Crippen molar-refractivity contribution in [1.82, 2.24) is 0 Å². The van der Waals surface area contributed by atoms with Crippen molar-refractivity contribution >= 4 is 7.37 Å². The minimum Gasteiger partial charge on any atom is -0.344 e. The summed E-state index contributed by atoms with van der Waals surface area (Å²) in [6, 6.07) is 0. The molecule has 0 radical (unpaired) electrons. The fraction of sp³-hybridized carbons (Fsp3) is 1.00. The first kappa shape index (κ1) is 13.2. The summed E-state index contributed by atoms with van der Waals surface area (Å²) in [4.78, 5) is 9.55. The van der Waals surface area contributed by atoms with Gasteiger partial charge in [-0.25, -0.2) is 0 Å². The van der Waals surface area contributed by atoms with E-state index in [1.54, 1.807) is 0 Å². The van der Waals surface area contributed by atoms with Gasteiger partial charge in [-0.3, -0.25) is 4.57 Å². The van der Waals surface area contributed by atoms with Crippen LogP contribution in [0.2, 0.25) is 0 Å². The summed E-state index contributed by atoms with van der Waals surface area (Å²) in [6.45, 7) is 6.29. The zero-order chi connectivity index (χ0) is 10.3. The molecule has 0 saturated heterocycles. The zero-order valence-corrected chi connectivity index (χ0v) is 10.0. The van der Waals surface area contributed by atoms with Gasteiger partial charge in [-0.2, -0.15) is 0 Å². The van der Waals surface area contributed by atoms with Crippen molar-refractivity contribution in [1.29, 1.82) is 0 Å². The third kappa shape index (κ3) is 8.52. The van der Waals surface area contributed by atoms with E-state index in [1.165, 1.54) is 0 Å². The van der Waals surface area contributed by atoms with Crippen molar-refractivity contribution in [3.05, 3.63) is 0 Å². The molecular formula is C10H23O2P. The highest BCUT2D eigenvalue weighted by molar-refractivity contribution is 7.57. The number of hydrogen-bond donors (Lipinski definition) is 1. The summed E-state index contributed by atoms with van der Waals surface area (Å²) < 4.78 is 11.5. The van der Waals surface area contributed by atoms with Gasteiger partial charge >= 0.3 is 0 Å². The van der Waals surface area contributed by atoms with Gasteiger partial charge in [0.05, 0.1) is 0 Å². The topological polar surface area (TPSA) is 37.3 Å². The van der Waals surface area contributed by atoms with Crippen molar-refractivity contribution in [3.63, 3.8) is 0 Å². The molecule has 1 atom stereocenters. The second kappa shape index (κ2) is 6.62. The molecule has 0 heterocycles. The third-order valence-corrected chi connectivity index (χ3v) is 4.14. The molecule has 2 nitrogen and oxygen atoms in total. The SMILES string of the molecule is CCCCCP(=O)(O)CCC(C)C. The molecule has 0 aromatic heterocycles. The lowest BCUT2D eigenvalue weighted by Gasteiger charge is -2.12. The van der Waals surface area contributed by atoms with Gasteiger partial charge in [0.2, 0.25) is 7.37 Å². The lowest BCUT2D eigenvalue weighted by atomic mass is 10.2. The maximum atomic E-state index is 11.5. The number of unbranched alkanes of at least 4 members (excludes halogenated alkanes) is 2. The van der Waals surface area contributed by atoms with Crippen LogP contribution < -0.4 is 0 Å². The van der Waals surface area contributed by atoms with Gasteiger partial charge in [-0.1, -0.05) is 33.6 Å². The van der Waals surface area contributed by atoms with Gasteiger partial charge in [-0.15, -0.1) is 0 Å². The van der Waals surface area contributed by atoms with Gasteiger partial charge in [0.1, 0.15) is 0 Å². The number of rotatable bonds is 7. The van der Waals surface area contributed by atoms with Crippen LogP contribution in [0, 0.1) is 5.92 Å². The summed E-state index contributed by atoms with van der Waals surface area (Å²) in [6.07, 6.45) is 5.00. The first-order chi connectivity index (χ1) is 5.98. The molecule has 0 aliphatic carbocycles. The van der Waals surface area contributed by atoms with Crippen LogP contribution >= 0.6 is 7.37 Å². The predicted octanol–water partition coefficient (Wildman–Crippen LogP) is 3.49. The summed E-state index contributed by atoms with van der Waals surface area (Å²) in [7, 11) is -2.78. The monoisotopic (exact) mass is 206 g/mol. The fourth-order valence-electron chi connectivity index (χ4n) is 1.18. The first-order valence-electron chi connectivity index (χ1n) is 5.29. The van der Waals surface area contributed by atoms with Crippen LogP contribution in [0.15, 0.2) is 0 Å². The second-order valence-electron chi connectivity index (χ2n) is 4.18. The summed E-state index contributed by atoms with van der Waals surface area (Å²) in [5.41, 5.74) is 0. The van der Waals surface area contributed by atoms with E-state index in [4.69, 9.17) is 0 Å². The van der Waals surface area contributed by atoms with Crippen LogP contribution in [0.5, 0.6) is 0 Å². The van der Waals surface area contributed by atoms with Gasteiger partial charge < -0.3 is 4.89 Å². The molecule has 0 spiro atoms. The van der Waals surface area contributed by atoms with Gasteiger partial charge in [-0.05, 0) is 18.8 Å². The average molecular weight is 206 g/mol. The van der Waals surface area contributed by atoms with E-state index in [0.29, 0.717) is 18.2 Å². The molecule has 0 bridgehead atoms. The predicted molar refractivity (Wildman–Crippen MR) is 58.5 cm³/mol. The average Bonchev–Trinajstić information content (AvgIpc) is 2.02. The van der Waals surface area contributed by atoms with Gasteiger partial charge in [0, 0.05) is 12.3 Å². The van der Waals surface area contributed by atoms with Crippen molar-refractivity contribution in [2.24, 2.45) is 5.92 Å². The molecule has 0 aliphatic rings. The molecule has 0 fully saturated rings. The Morgan fingerprint density at radius 1 is 1.23 bits per heavy atom. The maximum absolute atomic E-state index is 11.5. The smallest absolute Gasteiger partial charge is 0.200 e. The Labute approximate surface area is 82.2 Å². The normalized spacial score (nSPS) is 16.1. The molecule has 1 unspecified atom stereocenters. The minimum absolute atomic E-state index is 0.508. The van der Waals surface area contributed by atoms with Crippen molar-refractivity contribution in [3.8, 4) is 0 Å². The summed E-state index contributed by atoms with van der Waals surface area (Å²) in [5, 5.41) is 0. The Bertz CT molecular complexity index is 166. The van der Waals surface area contributed by atoms with E-state index in [1.807, 2.05) is 0 Å². The van der Waals surface area contributed by atoms with E-state index >= 15 is 0 Å². The molecular weight excluding hydrogens is 183 g/mol. The lowest BCUT2D eigenvalue weighted by Crippen LogP contribution is -1.98. The molecule has 0 aromatic carbocycles. The second-order valence-corrected chi connectivity index (χ2v) is 6.77. The molecule has 0 aliphatic heterocycles. The van der Waals surface area contributed by atoms with E-state index in [0.717, 1.165) is 25.7 Å². The molecule has 80 valence electrons. The fourth-order valence-corrected chi connectivity index (χ4v) is 3.04. The zero-order valence-electron chi connectivity index (χ0n) is 9.12. The maximum Gasteiger partial charge on any atom is 0.200 e. The molecule has 0 amide bonds. The lowest BCUT2D eigenvalue weighted by molar-refractivity contribution is 0.466. The van der Waals surface area contributed by atoms with Crippen LogP contribution in [-0.4, -0.2) is 17.2 Å². The quantitative estimate of drug-likeness (QED) is 0.511. The Morgan fingerprint density at radius 2 is 1.85 bits per heavy atom. The Morgan fingerprint density at radius 3 is 2.31 bits per heavy atom. The highest BCUT2D eigenvalue weighted by Crippen LogP contribution is 2.42. The molecule has 13 heavy (non-hydrogen) atoms. The van der Waals surface area contributed by atoms with E-state index in [9.17, 15) is 9.46 Å². The molecule has 0 saturated carbocycles. The number of hydrogen-bond acceptors (Lipinski definition) is 1. The Kier molecular flexibility index (Phi) is 6.71. The van der Waals surface area contributed by atoms with Crippen molar-refractivity contribution in [2.45, 2.75) is 46.5 Å². The van der Waals surface area contributed by atoms with Crippen LogP contribution in [0.4, 0.5) is 0 Å². The summed E-state index contributed by atoms with van der Waals surface area (Å²) >= 11 is 0. The molecule has 0 aromatic rings. The molecule has 3 heteroatoms. The van der Waals surface area contributed by atoms with Crippen molar-refractivity contribution in [2.75, 3.05) is 12.3 Å². The molecule has 1 N–H and O–H groups in total. The van der Waals surface area contributed by atoms with Crippen LogP contribution in [0.25, 0.3) is 0 Å². The van der Waals surface area contributed by atoms with E-state index in [2.05, 4.69) is 20.8 Å². The van der Waals surface area contributed by atoms with Gasteiger partial charge in [0.15, 0.2) is 0 Å². The Hall–Kier alpha value is 0.190. The van der Waals surface area contributed by atoms with Gasteiger partial charge in [0.25, 0.3) is 0 Å². The first-order valence-corrected chi connectivity index (χ1v) is 7.32. The Balaban J connectivity index is 3.61. The highest BCUT2D eigenvalue weighted by atomic mass is 31.2.